The molecule has 1 rings (SSSR count). The fraction of sp³-hybridized carbons (Fsp3) is 0.556. The van der Waals surface area contributed by atoms with Gasteiger partial charge in [0.1, 0.15) is 11.6 Å². The molecule has 0 radical (unpaired) electrons. The van der Waals surface area contributed by atoms with Gasteiger partial charge in [-0.3, -0.25) is 0 Å². The second-order valence-electron chi connectivity index (χ2n) is 3.33. The van der Waals surface area contributed by atoms with Crippen molar-refractivity contribution in [3.63, 3.8) is 0 Å². The van der Waals surface area contributed by atoms with Crippen LogP contribution in [0.5, 0.6) is 0 Å². The monoisotopic (exact) mass is 261 g/mol. The van der Waals surface area contributed by atoms with Crippen molar-refractivity contribution in [3.8, 4) is 6.07 Å². The van der Waals surface area contributed by atoms with Crippen LogP contribution in [0.4, 0.5) is 0 Å². The summed E-state index contributed by atoms with van der Waals surface area (Å²) >= 11 is 0. The van der Waals surface area contributed by atoms with Crippen molar-refractivity contribution in [2.45, 2.75) is 37.8 Å². The van der Waals surface area contributed by atoms with E-state index in [9.17, 15) is 8.42 Å². The quantitative estimate of drug-likeness (QED) is 0.777. The lowest BCUT2D eigenvalue weighted by molar-refractivity contribution is 0.396. The Bertz CT molecular complexity index is 511. The van der Waals surface area contributed by atoms with Crippen molar-refractivity contribution in [2.75, 3.05) is 0 Å². The Hall–Kier alpha value is -1.06. The molecule has 7 heteroatoms. The molecule has 88 valence electrons. The van der Waals surface area contributed by atoms with Crippen LogP contribution in [0.1, 0.15) is 38.3 Å². The molecule has 0 aromatic carbocycles. The molecule has 0 unspecified atom stereocenters. The van der Waals surface area contributed by atoms with Crippen LogP contribution in [0.15, 0.2) is 11.2 Å². The smallest absolute Gasteiger partial charge is 0.249 e. The van der Waals surface area contributed by atoms with Gasteiger partial charge in [0.05, 0.1) is 12.2 Å². The molecule has 1 heterocycles. The van der Waals surface area contributed by atoms with Crippen molar-refractivity contribution in [3.05, 3.63) is 11.8 Å². The summed E-state index contributed by atoms with van der Waals surface area (Å²) in [6.07, 6.45) is 2.68. The number of hydrogen-bond donors (Lipinski definition) is 0. The van der Waals surface area contributed by atoms with Crippen LogP contribution in [0.3, 0.4) is 0 Å². The summed E-state index contributed by atoms with van der Waals surface area (Å²) in [4.78, 5) is 0. The molecule has 0 bridgehead atoms. The fourth-order valence-corrected chi connectivity index (χ4v) is 2.81. The lowest BCUT2D eigenvalue weighted by Gasteiger charge is -2.15. The molecule has 0 atom stereocenters. The van der Waals surface area contributed by atoms with Crippen LogP contribution >= 0.6 is 10.7 Å². The highest BCUT2D eigenvalue weighted by molar-refractivity contribution is 8.13. The zero-order valence-electron chi connectivity index (χ0n) is 9.01. The van der Waals surface area contributed by atoms with Gasteiger partial charge in [0.2, 0.25) is 0 Å². The highest BCUT2D eigenvalue weighted by atomic mass is 35.7. The van der Waals surface area contributed by atoms with Crippen LogP contribution in [0.25, 0.3) is 0 Å². The van der Waals surface area contributed by atoms with E-state index in [1.54, 1.807) is 6.07 Å². The maximum absolute atomic E-state index is 11.4. The van der Waals surface area contributed by atoms with Gasteiger partial charge in [0.25, 0.3) is 9.05 Å². The third kappa shape index (κ3) is 2.36. The highest BCUT2D eigenvalue weighted by Crippen LogP contribution is 2.25. The first-order valence-corrected chi connectivity index (χ1v) is 7.18. The van der Waals surface area contributed by atoms with E-state index in [0.29, 0.717) is 0 Å². The second-order valence-corrected chi connectivity index (χ2v) is 5.81. The van der Waals surface area contributed by atoms with Crippen LogP contribution in [0, 0.1) is 11.3 Å². The topological polar surface area (TPSA) is 75.8 Å². The van der Waals surface area contributed by atoms with Gasteiger partial charge in [0.15, 0.2) is 5.03 Å². The van der Waals surface area contributed by atoms with Gasteiger partial charge in [-0.1, -0.05) is 13.8 Å². The zero-order valence-corrected chi connectivity index (χ0v) is 10.6. The first kappa shape index (κ1) is 13.0. The minimum Gasteiger partial charge on any atom is -0.249 e. The SMILES string of the molecule is CCC(CC)n1ncc(C#N)c1S(=O)(=O)Cl. The Morgan fingerprint density at radius 3 is 2.50 bits per heavy atom. The van der Waals surface area contributed by atoms with Crippen LogP contribution in [-0.4, -0.2) is 18.2 Å². The summed E-state index contributed by atoms with van der Waals surface area (Å²) in [7, 11) is 1.36. The van der Waals surface area contributed by atoms with Gasteiger partial charge >= 0.3 is 0 Å². The summed E-state index contributed by atoms with van der Waals surface area (Å²) < 4.78 is 24.1. The fourth-order valence-electron chi connectivity index (χ4n) is 1.57. The molecule has 0 amide bonds. The average molecular weight is 262 g/mol. The van der Waals surface area contributed by atoms with Crippen molar-refractivity contribution < 1.29 is 8.42 Å². The van der Waals surface area contributed by atoms with Gasteiger partial charge in [-0.25, -0.2) is 13.1 Å². The van der Waals surface area contributed by atoms with Crippen molar-refractivity contribution in [1.29, 1.82) is 5.26 Å². The van der Waals surface area contributed by atoms with Crippen molar-refractivity contribution in [1.82, 2.24) is 9.78 Å². The van der Waals surface area contributed by atoms with E-state index >= 15 is 0 Å². The Labute approximate surface area is 99.1 Å². The molecule has 1 aromatic rings. The summed E-state index contributed by atoms with van der Waals surface area (Å²) in [5.74, 6) is 0. The predicted molar refractivity (Wildman–Crippen MR) is 59.6 cm³/mol. The van der Waals surface area contributed by atoms with Crippen LogP contribution < -0.4 is 0 Å². The Kier molecular flexibility index (Phi) is 3.94. The minimum absolute atomic E-state index is 0.0121. The van der Waals surface area contributed by atoms with Crippen molar-refractivity contribution >= 4 is 19.7 Å². The largest absolute Gasteiger partial charge is 0.279 e. The third-order valence-corrected chi connectivity index (χ3v) is 3.70. The molecule has 0 N–H and O–H groups in total. The Morgan fingerprint density at radius 1 is 1.56 bits per heavy atom. The predicted octanol–water partition coefficient (Wildman–Crippen LogP) is 2.04. The van der Waals surface area contributed by atoms with Crippen LogP contribution in [0.2, 0.25) is 0 Å². The molecule has 0 spiro atoms. The first-order valence-electron chi connectivity index (χ1n) is 4.87. The number of nitrogens with zero attached hydrogens (tertiary/aromatic N) is 3. The van der Waals surface area contributed by atoms with Gasteiger partial charge in [0, 0.05) is 10.7 Å². The van der Waals surface area contributed by atoms with E-state index in [1.807, 2.05) is 13.8 Å². The van der Waals surface area contributed by atoms with Gasteiger partial charge < -0.3 is 0 Å². The maximum Gasteiger partial charge on any atom is 0.279 e. The zero-order chi connectivity index (χ0) is 12.3. The lowest BCUT2D eigenvalue weighted by Crippen LogP contribution is -2.14. The van der Waals surface area contributed by atoms with E-state index in [0.717, 1.165) is 12.8 Å². The van der Waals surface area contributed by atoms with E-state index in [4.69, 9.17) is 15.9 Å². The van der Waals surface area contributed by atoms with E-state index < -0.39 is 9.05 Å². The second kappa shape index (κ2) is 4.85. The van der Waals surface area contributed by atoms with E-state index in [1.165, 1.54) is 10.9 Å². The molecule has 0 aliphatic rings. The summed E-state index contributed by atoms with van der Waals surface area (Å²) in [5, 5.41) is 12.5. The van der Waals surface area contributed by atoms with E-state index in [2.05, 4.69) is 5.10 Å². The van der Waals surface area contributed by atoms with Gasteiger partial charge in [-0.2, -0.15) is 10.4 Å². The molecule has 5 nitrogen and oxygen atoms in total. The maximum atomic E-state index is 11.4. The Balaban J connectivity index is 3.44. The Morgan fingerprint density at radius 2 is 2.12 bits per heavy atom. The average Bonchev–Trinajstić information content (AvgIpc) is 2.63. The summed E-state index contributed by atoms with van der Waals surface area (Å²) in [6.45, 7) is 3.85. The molecule has 0 saturated carbocycles. The number of rotatable bonds is 4. The van der Waals surface area contributed by atoms with Crippen molar-refractivity contribution in [2.24, 2.45) is 0 Å². The first-order chi connectivity index (χ1) is 7.45. The van der Waals surface area contributed by atoms with Gasteiger partial charge in [-0.15, -0.1) is 0 Å². The number of halogens is 1. The molecule has 0 fully saturated rings. The number of nitriles is 1. The number of aromatic nitrogens is 2. The normalized spacial score (nSPS) is 11.7. The summed E-state index contributed by atoms with van der Waals surface area (Å²) in [5.41, 5.74) is -0.0121. The highest BCUT2D eigenvalue weighted by Gasteiger charge is 2.25. The van der Waals surface area contributed by atoms with Gasteiger partial charge in [-0.05, 0) is 12.8 Å². The molecule has 0 saturated heterocycles. The summed E-state index contributed by atoms with van der Waals surface area (Å²) in [6, 6.07) is 1.71. The molecular formula is C9H12ClN3O2S. The minimum atomic E-state index is -3.95. The molecule has 0 aliphatic carbocycles. The number of hydrogen-bond acceptors (Lipinski definition) is 4. The molecule has 16 heavy (non-hydrogen) atoms. The van der Waals surface area contributed by atoms with E-state index in [-0.39, 0.29) is 16.6 Å². The van der Waals surface area contributed by atoms with Crippen LogP contribution in [-0.2, 0) is 9.05 Å². The lowest BCUT2D eigenvalue weighted by atomic mass is 10.2. The third-order valence-electron chi connectivity index (χ3n) is 2.39. The molecular weight excluding hydrogens is 250 g/mol. The standard InChI is InChI=1S/C9H12ClN3O2S/c1-3-8(4-2)13-9(16(10,14)15)7(5-11)6-12-13/h6,8H,3-4H2,1-2H3. The molecule has 1 aromatic heterocycles. The molecule has 0 aliphatic heterocycles.